The summed E-state index contributed by atoms with van der Waals surface area (Å²) in [6.07, 6.45) is 13.4. The number of hydrogen-bond acceptors (Lipinski definition) is 2. The molecule has 0 N–H and O–H groups in total. The molecule has 0 atom stereocenters. The third kappa shape index (κ3) is 4.94. The molecule has 0 aliphatic carbocycles. The lowest BCUT2D eigenvalue weighted by atomic mass is 9.96. The fourth-order valence-electron chi connectivity index (χ4n) is 2.31. The molecular formula is C22H30S2. The Bertz CT molecular complexity index is 794. The molecule has 2 heterocycles. The predicted molar refractivity (Wildman–Crippen MR) is 115 cm³/mol. The maximum absolute atomic E-state index is 2.31. The van der Waals surface area contributed by atoms with Crippen molar-refractivity contribution < 1.29 is 0 Å². The van der Waals surface area contributed by atoms with Crippen molar-refractivity contribution in [2.24, 2.45) is 10.8 Å². The zero-order chi connectivity index (χ0) is 18.1. The van der Waals surface area contributed by atoms with Crippen LogP contribution in [0.25, 0.3) is 21.6 Å². The summed E-state index contributed by atoms with van der Waals surface area (Å²) in [5, 5.41) is 0. The number of thiophene rings is 2. The van der Waals surface area contributed by atoms with E-state index in [1.807, 2.05) is 22.7 Å². The molecule has 0 amide bonds. The number of fused-ring (bicyclic) bond motifs is 1. The zero-order valence-corrected chi connectivity index (χ0v) is 17.9. The van der Waals surface area contributed by atoms with E-state index in [9.17, 15) is 0 Å². The maximum Gasteiger partial charge on any atom is 0.0495 e. The number of rotatable bonds is 3. The van der Waals surface area contributed by atoms with E-state index >= 15 is 0 Å². The molecule has 2 aromatic heterocycles. The molecule has 0 saturated heterocycles. The number of allylic oxidation sites excluding steroid dienone is 4. The molecule has 0 aliphatic heterocycles. The summed E-state index contributed by atoms with van der Waals surface area (Å²) in [6, 6.07) is 0. The first-order chi connectivity index (χ1) is 11.0. The summed E-state index contributed by atoms with van der Waals surface area (Å²) < 4.78 is 2.90. The van der Waals surface area contributed by atoms with Crippen LogP contribution in [0.15, 0.2) is 24.3 Å². The van der Waals surface area contributed by atoms with Gasteiger partial charge < -0.3 is 0 Å². The highest BCUT2D eigenvalue weighted by molar-refractivity contribution is 7.29. The molecule has 0 aliphatic rings. The number of hydrogen-bond donors (Lipinski definition) is 0. The minimum absolute atomic E-state index is 0.228. The summed E-state index contributed by atoms with van der Waals surface area (Å²) >= 11 is 3.85. The van der Waals surface area contributed by atoms with Gasteiger partial charge >= 0.3 is 0 Å². The van der Waals surface area contributed by atoms with Gasteiger partial charge in [-0.3, -0.25) is 0 Å². The van der Waals surface area contributed by atoms with Gasteiger partial charge in [0.15, 0.2) is 0 Å². The van der Waals surface area contributed by atoms with E-state index in [1.54, 1.807) is 0 Å². The van der Waals surface area contributed by atoms with Gasteiger partial charge in [0.1, 0.15) is 0 Å². The van der Waals surface area contributed by atoms with E-state index in [4.69, 9.17) is 0 Å². The molecule has 24 heavy (non-hydrogen) atoms. The van der Waals surface area contributed by atoms with Gasteiger partial charge in [0.25, 0.3) is 0 Å². The van der Waals surface area contributed by atoms with Crippen molar-refractivity contribution in [3.8, 4) is 0 Å². The standard InChI is InChI=1S/C22H30S2/c1-15-17(11-9-10-13-21(3,4)5)23-20-16(2)18(24-19(15)20)12-14-22(6,7)8/h9-14H,1-8H3/b11-9+,13-10+,14-12+. The van der Waals surface area contributed by atoms with Crippen LogP contribution in [0.1, 0.15) is 62.4 Å². The molecule has 2 heteroatoms. The van der Waals surface area contributed by atoms with Crippen LogP contribution in [0.3, 0.4) is 0 Å². The van der Waals surface area contributed by atoms with E-state index in [0.717, 1.165) is 0 Å². The van der Waals surface area contributed by atoms with Crippen molar-refractivity contribution in [3.05, 3.63) is 45.2 Å². The van der Waals surface area contributed by atoms with Gasteiger partial charge in [-0.2, -0.15) is 0 Å². The largest absolute Gasteiger partial charge is 0.134 e. The average molecular weight is 359 g/mol. The Morgan fingerprint density at radius 3 is 1.54 bits per heavy atom. The normalized spacial score (nSPS) is 14.2. The second kappa shape index (κ2) is 7.01. The first kappa shape index (κ1) is 19.2. The molecule has 0 aromatic carbocycles. The summed E-state index contributed by atoms with van der Waals surface area (Å²) in [4.78, 5) is 2.78. The van der Waals surface area contributed by atoms with Gasteiger partial charge in [-0.1, -0.05) is 65.8 Å². The first-order valence-corrected chi connectivity index (χ1v) is 10.2. The van der Waals surface area contributed by atoms with Gasteiger partial charge in [-0.25, -0.2) is 0 Å². The molecule has 2 rings (SSSR count). The smallest absolute Gasteiger partial charge is 0.0495 e. The maximum atomic E-state index is 2.31. The minimum atomic E-state index is 0.228. The van der Waals surface area contributed by atoms with Crippen molar-refractivity contribution in [1.82, 2.24) is 0 Å². The quantitative estimate of drug-likeness (QED) is 0.484. The van der Waals surface area contributed by atoms with Crippen molar-refractivity contribution in [3.63, 3.8) is 0 Å². The Kier molecular flexibility index (Phi) is 5.61. The first-order valence-electron chi connectivity index (χ1n) is 8.55. The second-order valence-electron chi connectivity index (χ2n) is 8.62. The Labute approximate surface area is 155 Å². The Balaban J connectivity index is 2.31. The highest BCUT2D eigenvalue weighted by atomic mass is 32.1. The summed E-state index contributed by atoms with van der Waals surface area (Å²) in [7, 11) is 0. The van der Waals surface area contributed by atoms with E-state index in [-0.39, 0.29) is 10.8 Å². The second-order valence-corrected chi connectivity index (χ2v) is 10.7. The molecule has 0 saturated carbocycles. The Morgan fingerprint density at radius 1 is 0.625 bits per heavy atom. The lowest BCUT2D eigenvalue weighted by Crippen LogP contribution is -1.97. The van der Waals surface area contributed by atoms with Crippen LogP contribution >= 0.6 is 22.7 Å². The van der Waals surface area contributed by atoms with Crippen LogP contribution in [0, 0.1) is 24.7 Å². The van der Waals surface area contributed by atoms with Gasteiger partial charge in [-0.15, -0.1) is 22.7 Å². The van der Waals surface area contributed by atoms with Gasteiger partial charge in [0, 0.05) is 19.2 Å². The monoisotopic (exact) mass is 358 g/mol. The van der Waals surface area contributed by atoms with Crippen molar-refractivity contribution in [2.45, 2.75) is 55.4 Å². The molecule has 0 radical (unpaired) electrons. The predicted octanol–water partition coefficient (Wildman–Crippen LogP) is 8.25. The highest BCUT2D eigenvalue weighted by Crippen LogP contribution is 2.42. The zero-order valence-electron chi connectivity index (χ0n) is 16.3. The fraction of sp³-hybridized carbons (Fsp3) is 0.455. The van der Waals surface area contributed by atoms with Crippen molar-refractivity contribution in [1.29, 1.82) is 0 Å². The van der Waals surface area contributed by atoms with E-state index in [2.05, 4.69) is 91.8 Å². The molecule has 0 spiro atoms. The third-order valence-corrected chi connectivity index (χ3v) is 6.62. The Morgan fingerprint density at radius 2 is 1.08 bits per heavy atom. The molecule has 0 fully saturated rings. The average Bonchev–Trinajstić information content (AvgIpc) is 2.90. The molecule has 0 unspecified atom stereocenters. The van der Waals surface area contributed by atoms with Gasteiger partial charge in [-0.05, 0) is 48.0 Å². The van der Waals surface area contributed by atoms with Crippen LogP contribution in [0.2, 0.25) is 0 Å². The van der Waals surface area contributed by atoms with Crippen molar-refractivity contribution >= 4 is 44.2 Å². The van der Waals surface area contributed by atoms with Crippen LogP contribution in [0.5, 0.6) is 0 Å². The van der Waals surface area contributed by atoms with Gasteiger partial charge in [0.2, 0.25) is 0 Å². The van der Waals surface area contributed by atoms with Crippen LogP contribution in [0.4, 0.5) is 0 Å². The van der Waals surface area contributed by atoms with E-state index in [0.29, 0.717) is 0 Å². The molecular weight excluding hydrogens is 328 g/mol. The Hall–Kier alpha value is -1.12. The van der Waals surface area contributed by atoms with Crippen LogP contribution in [-0.2, 0) is 0 Å². The van der Waals surface area contributed by atoms with Gasteiger partial charge in [0.05, 0.1) is 0 Å². The van der Waals surface area contributed by atoms with E-state index < -0.39 is 0 Å². The molecule has 2 aromatic rings. The van der Waals surface area contributed by atoms with Crippen LogP contribution in [-0.4, -0.2) is 0 Å². The van der Waals surface area contributed by atoms with E-state index in [1.165, 1.54) is 30.3 Å². The summed E-state index contributed by atoms with van der Waals surface area (Å²) in [6.45, 7) is 17.9. The molecule has 130 valence electrons. The highest BCUT2D eigenvalue weighted by Gasteiger charge is 2.14. The fourth-order valence-corrected chi connectivity index (χ4v) is 4.94. The van der Waals surface area contributed by atoms with Crippen LogP contribution < -0.4 is 0 Å². The van der Waals surface area contributed by atoms with Crippen molar-refractivity contribution in [2.75, 3.05) is 0 Å². The third-order valence-electron chi connectivity index (χ3n) is 3.74. The summed E-state index contributed by atoms with van der Waals surface area (Å²) in [5.74, 6) is 0. The molecule has 0 nitrogen and oxygen atoms in total. The minimum Gasteiger partial charge on any atom is -0.134 e. The summed E-state index contributed by atoms with van der Waals surface area (Å²) in [5.41, 5.74) is 3.30. The lowest BCUT2D eigenvalue weighted by Gasteiger charge is -2.10. The SMILES string of the molecule is Cc1c(/C=C/C=C/C(C)(C)C)sc2c(C)c(/C=C/C(C)(C)C)sc12. The molecule has 0 bridgehead atoms. The topological polar surface area (TPSA) is 0 Å². The number of aryl methyl sites for hydroxylation is 2. The lowest BCUT2D eigenvalue weighted by molar-refractivity contribution is 0.544.